The Morgan fingerprint density at radius 2 is 1.85 bits per heavy atom. The van der Waals surface area contributed by atoms with Gasteiger partial charge in [0, 0.05) is 19.0 Å². The zero-order valence-electron chi connectivity index (χ0n) is 11.8. The number of amides is 1. The summed E-state index contributed by atoms with van der Waals surface area (Å²) >= 11 is 0. The smallest absolute Gasteiger partial charge is 0.305 e. The van der Waals surface area contributed by atoms with Crippen LogP contribution in [0.5, 0.6) is 0 Å². The number of hydrogen-bond donors (Lipinski definition) is 1. The molecule has 0 aromatic heterocycles. The van der Waals surface area contributed by atoms with E-state index in [2.05, 4.69) is 0 Å². The van der Waals surface area contributed by atoms with Crippen LogP contribution < -0.4 is 0 Å². The molecule has 1 aromatic rings. The van der Waals surface area contributed by atoms with Crippen LogP contribution in [0.2, 0.25) is 0 Å². The summed E-state index contributed by atoms with van der Waals surface area (Å²) in [6, 6.07) is 8.45. The van der Waals surface area contributed by atoms with Crippen molar-refractivity contribution in [3.63, 3.8) is 0 Å². The van der Waals surface area contributed by atoms with Gasteiger partial charge in [-0.05, 0) is 31.7 Å². The van der Waals surface area contributed by atoms with Crippen LogP contribution in [0.25, 0.3) is 0 Å². The van der Waals surface area contributed by atoms with Crippen molar-refractivity contribution in [2.45, 2.75) is 45.1 Å². The number of nitrogens with zero attached hydrogens (tertiary/aromatic N) is 1. The van der Waals surface area contributed by atoms with Crippen LogP contribution >= 0.6 is 0 Å². The maximum absolute atomic E-state index is 12.2. The second-order valence-corrected chi connectivity index (χ2v) is 5.45. The quantitative estimate of drug-likeness (QED) is 0.831. The lowest BCUT2D eigenvalue weighted by molar-refractivity contribution is -0.138. The summed E-state index contributed by atoms with van der Waals surface area (Å²) in [6.45, 7) is 2.38. The van der Waals surface area contributed by atoms with Crippen molar-refractivity contribution in [1.82, 2.24) is 4.90 Å². The van der Waals surface area contributed by atoms with Gasteiger partial charge in [0.15, 0.2) is 0 Å². The number of carboxylic acids is 1. The molecule has 1 fully saturated rings. The number of rotatable bonds is 7. The van der Waals surface area contributed by atoms with E-state index in [9.17, 15) is 9.59 Å². The molecular formula is C16H21NO3. The van der Waals surface area contributed by atoms with Gasteiger partial charge >= 0.3 is 5.97 Å². The van der Waals surface area contributed by atoms with Crippen molar-refractivity contribution in [3.05, 3.63) is 35.4 Å². The van der Waals surface area contributed by atoms with Gasteiger partial charge in [-0.25, -0.2) is 0 Å². The number of hydrogen-bond acceptors (Lipinski definition) is 2. The zero-order valence-corrected chi connectivity index (χ0v) is 11.8. The van der Waals surface area contributed by atoms with Gasteiger partial charge in [0.2, 0.25) is 5.91 Å². The molecule has 108 valence electrons. The fourth-order valence-corrected chi connectivity index (χ4v) is 2.26. The van der Waals surface area contributed by atoms with E-state index in [0.717, 1.165) is 24.8 Å². The third-order valence-electron chi connectivity index (χ3n) is 3.62. The predicted molar refractivity (Wildman–Crippen MR) is 76.5 cm³/mol. The molecule has 0 spiro atoms. The Balaban J connectivity index is 1.85. The molecule has 4 nitrogen and oxygen atoms in total. The maximum Gasteiger partial charge on any atom is 0.305 e. The standard InChI is InChI=1S/C16H21NO3/c1-12-2-4-13(5-3-12)6-9-15(18)17(14-7-8-14)11-10-16(19)20/h2-5,14H,6-11H2,1H3,(H,19,20). The number of carbonyl (C=O) groups excluding carboxylic acids is 1. The van der Waals surface area contributed by atoms with E-state index in [0.29, 0.717) is 13.0 Å². The second kappa shape index (κ2) is 6.55. The van der Waals surface area contributed by atoms with Crippen LogP contribution in [0.1, 0.15) is 36.8 Å². The van der Waals surface area contributed by atoms with E-state index < -0.39 is 5.97 Å². The monoisotopic (exact) mass is 275 g/mol. The van der Waals surface area contributed by atoms with Gasteiger partial charge < -0.3 is 10.0 Å². The highest BCUT2D eigenvalue weighted by Crippen LogP contribution is 2.27. The summed E-state index contributed by atoms with van der Waals surface area (Å²) in [5.74, 6) is -0.767. The summed E-state index contributed by atoms with van der Waals surface area (Å²) in [5.41, 5.74) is 2.36. The average Bonchev–Trinajstić information content (AvgIpc) is 3.22. The second-order valence-electron chi connectivity index (χ2n) is 5.45. The van der Waals surface area contributed by atoms with Crippen LogP contribution in [0.15, 0.2) is 24.3 Å². The van der Waals surface area contributed by atoms with E-state index in [1.54, 1.807) is 4.90 Å². The highest BCUT2D eigenvalue weighted by Gasteiger charge is 2.32. The van der Waals surface area contributed by atoms with Gasteiger partial charge in [0.05, 0.1) is 6.42 Å². The number of aryl methyl sites for hydroxylation is 2. The number of benzene rings is 1. The summed E-state index contributed by atoms with van der Waals surface area (Å²) in [4.78, 5) is 24.6. The van der Waals surface area contributed by atoms with Crippen LogP contribution in [-0.2, 0) is 16.0 Å². The minimum absolute atomic E-state index is 0.0345. The molecule has 1 aliphatic rings. The van der Waals surface area contributed by atoms with E-state index in [4.69, 9.17) is 5.11 Å². The van der Waals surface area contributed by atoms with Gasteiger partial charge in [-0.2, -0.15) is 0 Å². The Bertz CT molecular complexity index is 477. The molecule has 0 atom stereocenters. The third-order valence-corrected chi connectivity index (χ3v) is 3.62. The number of carbonyl (C=O) groups is 2. The molecule has 0 aliphatic heterocycles. The minimum Gasteiger partial charge on any atom is -0.481 e. The van der Waals surface area contributed by atoms with Gasteiger partial charge in [0.1, 0.15) is 0 Å². The topological polar surface area (TPSA) is 57.6 Å². The molecule has 1 aliphatic carbocycles. The molecule has 1 aromatic carbocycles. The lowest BCUT2D eigenvalue weighted by atomic mass is 10.1. The first-order valence-electron chi connectivity index (χ1n) is 7.13. The minimum atomic E-state index is -0.845. The van der Waals surface area contributed by atoms with Crippen molar-refractivity contribution in [3.8, 4) is 0 Å². The normalized spacial score (nSPS) is 14.1. The molecule has 1 saturated carbocycles. The summed E-state index contributed by atoms with van der Waals surface area (Å²) < 4.78 is 0. The van der Waals surface area contributed by atoms with Crippen LogP contribution in [-0.4, -0.2) is 34.5 Å². The highest BCUT2D eigenvalue weighted by atomic mass is 16.4. The molecule has 20 heavy (non-hydrogen) atoms. The Morgan fingerprint density at radius 1 is 1.20 bits per heavy atom. The molecule has 1 amide bonds. The van der Waals surface area contributed by atoms with E-state index in [1.807, 2.05) is 31.2 Å². The first-order chi connectivity index (χ1) is 9.56. The average molecular weight is 275 g/mol. The SMILES string of the molecule is Cc1ccc(CCC(=O)N(CCC(=O)O)C2CC2)cc1. The molecule has 0 heterocycles. The van der Waals surface area contributed by atoms with E-state index in [-0.39, 0.29) is 18.4 Å². The lowest BCUT2D eigenvalue weighted by Crippen LogP contribution is -2.35. The van der Waals surface area contributed by atoms with Crippen molar-refractivity contribution in [1.29, 1.82) is 0 Å². The Hall–Kier alpha value is -1.84. The summed E-state index contributed by atoms with van der Waals surface area (Å²) in [7, 11) is 0. The lowest BCUT2D eigenvalue weighted by Gasteiger charge is -2.21. The number of aliphatic carboxylic acids is 1. The van der Waals surface area contributed by atoms with E-state index in [1.165, 1.54) is 5.56 Å². The van der Waals surface area contributed by atoms with Gasteiger partial charge in [-0.15, -0.1) is 0 Å². The molecule has 0 saturated heterocycles. The van der Waals surface area contributed by atoms with Crippen molar-refractivity contribution < 1.29 is 14.7 Å². The van der Waals surface area contributed by atoms with Crippen LogP contribution in [0.4, 0.5) is 0 Å². The van der Waals surface area contributed by atoms with Gasteiger partial charge in [0.25, 0.3) is 0 Å². The van der Waals surface area contributed by atoms with Crippen LogP contribution in [0, 0.1) is 6.92 Å². The van der Waals surface area contributed by atoms with E-state index >= 15 is 0 Å². The molecule has 1 N–H and O–H groups in total. The highest BCUT2D eigenvalue weighted by molar-refractivity contribution is 5.78. The van der Waals surface area contributed by atoms with Crippen molar-refractivity contribution >= 4 is 11.9 Å². The Morgan fingerprint density at radius 3 is 2.40 bits per heavy atom. The molecule has 4 heteroatoms. The maximum atomic E-state index is 12.2. The fraction of sp³-hybridized carbons (Fsp3) is 0.500. The van der Waals surface area contributed by atoms with Crippen LogP contribution in [0.3, 0.4) is 0 Å². The molecule has 2 rings (SSSR count). The fourth-order valence-electron chi connectivity index (χ4n) is 2.26. The largest absolute Gasteiger partial charge is 0.481 e. The molecular weight excluding hydrogens is 254 g/mol. The Kier molecular flexibility index (Phi) is 4.77. The van der Waals surface area contributed by atoms with Crippen molar-refractivity contribution in [2.24, 2.45) is 0 Å². The third kappa shape index (κ3) is 4.37. The molecule has 0 radical (unpaired) electrons. The number of carboxylic acid groups (broad SMARTS) is 1. The van der Waals surface area contributed by atoms with Gasteiger partial charge in [-0.1, -0.05) is 29.8 Å². The first-order valence-corrected chi connectivity index (χ1v) is 7.13. The summed E-state index contributed by atoms with van der Waals surface area (Å²) in [6.07, 6.45) is 3.23. The molecule has 0 bridgehead atoms. The zero-order chi connectivity index (χ0) is 14.5. The Labute approximate surface area is 119 Å². The predicted octanol–water partition coefficient (Wildman–Crippen LogP) is 2.39. The van der Waals surface area contributed by atoms with Crippen molar-refractivity contribution in [2.75, 3.05) is 6.54 Å². The van der Waals surface area contributed by atoms with Gasteiger partial charge in [-0.3, -0.25) is 9.59 Å². The first kappa shape index (κ1) is 14.6. The summed E-state index contributed by atoms with van der Waals surface area (Å²) in [5, 5.41) is 8.74. The molecule has 0 unspecified atom stereocenters.